The van der Waals surface area contributed by atoms with Crippen LogP contribution < -0.4 is 15.4 Å². The molecule has 1 aliphatic heterocycles. The number of aryl methyl sites for hydroxylation is 1. The molecule has 0 saturated heterocycles. The van der Waals surface area contributed by atoms with Crippen LogP contribution in [0.1, 0.15) is 25.3 Å². The summed E-state index contributed by atoms with van der Waals surface area (Å²) < 4.78 is 5.74. The Hall–Kier alpha value is -1.81. The van der Waals surface area contributed by atoms with E-state index in [2.05, 4.69) is 24.1 Å². The van der Waals surface area contributed by atoms with Crippen molar-refractivity contribution in [1.29, 1.82) is 0 Å². The summed E-state index contributed by atoms with van der Waals surface area (Å²) in [6.07, 6.45) is 2.44. The zero-order valence-electron chi connectivity index (χ0n) is 12.0. The van der Waals surface area contributed by atoms with Crippen molar-refractivity contribution in [3.05, 3.63) is 35.9 Å². The molecule has 1 aromatic rings. The largest absolute Gasteiger partial charge is 0.489 e. The summed E-state index contributed by atoms with van der Waals surface area (Å²) in [7, 11) is 0. The molecule has 4 nitrogen and oxygen atoms in total. The molecule has 108 valence electrons. The molecular weight excluding hydrogens is 252 g/mol. The van der Waals surface area contributed by atoms with Gasteiger partial charge in [-0.1, -0.05) is 13.5 Å². The average Bonchev–Trinajstić information content (AvgIpc) is 2.45. The first-order valence-corrected chi connectivity index (χ1v) is 7.12. The summed E-state index contributed by atoms with van der Waals surface area (Å²) >= 11 is 0. The fourth-order valence-corrected chi connectivity index (χ4v) is 2.13. The molecule has 0 aromatic heterocycles. The minimum atomic E-state index is 0.0848. The number of amides is 1. The first-order chi connectivity index (χ1) is 9.69. The average molecular weight is 274 g/mol. The number of rotatable bonds is 7. The monoisotopic (exact) mass is 274 g/mol. The molecule has 20 heavy (non-hydrogen) atoms. The first kappa shape index (κ1) is 14.6. The molecule has 2 rings (SSSR count). The molecule has 0 saturated carbocycles. The second-order valence-electron chi connectivity index (χ2n) is 5.08. The van der Waals surface area contributed by atoms with Gasteiger partial charge in [0.2, 0.25) is 5.91 Å². The number of hydrogen-bond donors (Lipinski definition) is 2. The molecule has 0 unspecified atom stereocenters. The fourth-order valence-electron chi connectivity index (χ4n) is 2.13. The summed E-state index contributed by atoms with van der Waals surface area (Å²) in [5.41, 5.74) is 3.07. The summed E-state index contributed by atoms with van der Waals surface area (Å²) in [6, 6.07) is 5.79. The van der Waals surface area contributed by atoms with Gasteiger partial charge in [0.15, 0.2) is 0 Å². The summed E-state index contributed by atoms with van der Waals surface area (Å²) in [5.74, 6) is 0.915. The lowest BCUT2D eigenvalue weighted by Crippen LogP contribution is -2.20. The quantitative estimate of drug-likeness (QED) is 0.593. The molecule has 0 atom stereocenters. The van der Waals surface area contributed by atoms with Crippen LogP contribution in [0.3, 0.4) is 0 Å². The molecule has 0 radical (unpaired) electrons. The highest BCUT2D eigenvalue weighted by molar-refractivity contribution is 5.93. The number of hydrogen-bond acceptors (Lipinski definition) is 3. The van der Waals surface area contributed by atoms with E-state index < -0.39 is 0 Å². The van der Waals surface area contributed by atoms with Gasteiger partial charge in [0.1, 0.15) is 12.4 Å². The van der Waals surface area contributed by atoms with E-state index in [0.29, 0.717) is 13.0 Å². The highest BCUT2D eigenvalue weighted by Crippen LogP contribution is 2.26. The van der Waals surface area contributed by atoms with Crippen molar-refractivity contribution >= 4 is 11.6 Å². The van der Waals surface area contributed by atoms with Crippen molar-refractivity contribution < 1.29 is 9.53 Å². The Bertz CT molecular complexity index is 497. The maximum Gasteiger partial charge on any atom is 0.224 e. The van der Waals surface area contributed by atoms with Gasteiger partial charge in [0, 0.05) is 18.7 Å². The Labute approximate surface area is 120 Å². The normalized spacial score (nSPS) is 13.6. The molecule has 4 heteroatoms. The summed E-state index contributed by atoms with van der Waals surface area (Å²) in [5, 5.41) is 6.16. The van der Waals surface area contributed by atoms with E-state index in [9.17, 15) is 4.79 Å². The predicted molar refractivity (Wildman–Crippen MR) is 81.2 cm³/mol. The number of carbonyl (C=O) groups is 1. The molecule has 0 spiro atoms. The van der Waals surface area contributed by atoms with Crippen molar-refractivity contribution in [2.45, 2.75) is 26.2 Å². The maximum absolute atomic E-state index is 11.3. The standard InChI is InChI=1S/C16H22N2O2/c1-3-8-17-10-12(2)11-20-14-5-6-15-13(9-14)4-7-16(19)18-15/h5-6,9,17H,2-4,7-8,10-11H2,1H3,(H,18,19). The van der Waals surface area contributed by atoms with Crippen LogP contribution in [0.5, 0.6) is 5.75 Å². The third kappa shape index (κ3) is 4.10. The van der Waals surface area contributed by atoms with Gasteiger partial charge in [-0.25, -0.2) is 0 Å². The SMILES string of the molecule is C=C(CNCCC)COc1ccc2c(c1)CCC(=O)N2. The molecule has 1 amide bonds. The second-order valence-corrected chi connectivity index (χ2v) is 5.08. The van der Waals surface area contributed by atoms with Crippen LogP contribution in [0.15, 0.2) is 30.4 Å². The van der Waals surface area contributed by atoms with Gasteiger partial charge in [0.05, 0.1) is 0 Å². The van der Waals surface area contributed by atoms with Crippen molar-refractivity contribution in [1.82, 2.24) is 5.32 Å². The van der Waals surface area contributed by atoms with Crippen molar-refractivity contribution in [2.75, 3.05) is 25.0 Å². The van der Waals surface area contributed by atoms with E-state index in [1.54, 1.807) is 0 Å². The molecule has 0 bridgehead atoms. The highest BCUT2D eigenvalue weighted by Gasteiger charge is 2.14. The number of fused-ring (bicyclic) bond motifs is 1. The van der Waals surface area contributed by atoms with Crippen LogP contribution in [-0.2, 0) is 11.2 Å². The van der Waals surface area contributed by atoms with E-state index in [1.165, 1.54) is 0 Å². The molecular formula is C16H22N2O2. The Kier molecular flexibility index (Phi) is 5.18. The summed E-state index contributed by atoms with van der Waals surface area (Å²) in [6.45, 7) is 8.43. The van der Waals surface area contributed by atoms with Gasteiger partial charge in [-0.3, -0.25) is 4.79 Å². The van der Waals surface area contributed by atoms with Crippen LogP contribution in [0.2, 0.25) is 0 Å². The lowest BCUT2D eigenvalue weighted by molar-refractivity contribution is -0.116. The van der Waals surface area contributed by atoms with Crippen LogP contribution in [0.4, 0.5) is 5.69 Å². The summed E-state index contributed by atoms with van der Waals surface area (Å²) in [4.78, 5) is 11.3. The van der Waals surface area contributed by atoms with Crippen LogP contribution in [0, 0.1) is 0 Å². The Morgan fingerprint density at radius 3 is 3.10 bits per heavy atom. The van der Waals surface area contributed by atoms with E-state index in [1.807, 2.05) is 18.2 Å². The van der Waals surface area contributed by atoms with Crippen molar-refractivity contribution in [2.24, 2.45) is 0 Å². The second kappa shape index (κ2) is 7.10. The lowest BCUT2D eigenvalue weighted by Gasteiger charge is -2.18. The molecule has 2 N–H and O–H groups in total. The van der Waals surface area contributed by atoms with E-state index in [0.717, 1.165) is 48.5 Å². The number of ether oxygens (including phenoxy) is 1. The van der Waals surface area contributed by atoms with Crippen molar-refractivity contribution in [3.63, 3.8) is 0 Å². The van der Waals surface area contributed by atoms with E-state index in [-0.39, 0.29) is 5.91 Å². The smallest absolute Gasteiger partial charge is 0.224 e. The molecule has 1 aliphatic rings. The Morgan fingerprint density at radius 2 is 2.30 bits per heavy atom. The molecule has 1 heterocycles. The number of nitrogens with one attached hydrogen (secondary N) is 2. The number of anilines is 1. The minimum absolute atomic E-state index is 0.0848. The van der Waals surface area contributed by atoms with Gasteiger partial charge in [-0.15, -0.1) is 0 Å². The van der Waals surface area contributed by atoms with Gasteiger partial charge >= 0.3 is 0 Å². The van der Waals surface area contributed by atoms with Crippen LogP contribution in [0.25, 0.3) is 0 Å². The maximum atomic E-state index is 11.3. The zero-order chi connectivity index (χ0) is 14.4. The third-order valence-electron chi connectivity index (χ3n) is 3.22. The topological polar surface area (TPSA) is 50.4 Å². The fraction of sp³-hybridized carbons (Fsp3) is 0.438. The van der Waals surface area contributed by atoms with Crippen molar-refractivity contribution in [3.8, 4) is 5.75 Å². The molecule has 1 aromatic carbocycles. The third-order valence-corrected chi connectivity index (χ3v) is 3.22. The van der Waals surface area contributed by atoms with Gasteiger partial charge in [0.25, 0.3) is 0 Å². The van der Waals surface area contributed by atoms with Crippen LogP contribution in [-0.4, -0.2) is 25.6 Å². The van der Waals surface area contributed by atoms with Gasteiger partial charge < -0.3 is 15.4 Å². The number of benzene rings is 1. The molecule has 0 fully saturated rings. The predicted octanol–water partition coefficient (Wildman–Crippen LogP) is 2.51. The van der Waals surface area contributed by atoms with E-state index in [4.69, 9.17) is 4.74 Å². The molecule has 0 aliphatic carbocycles. The van der Waals surface area contributed by atoms with E-state index >= 15 is 0 Å². The van der Waals surface area contributed by atoms with Gasteiger partial charge in [-0.05, 0) is 48.7 Å². The Balaban J connectivity index is 1.85. The van der Waals surface area contributed by atoms with Crippen LogP contribution >= 0.6 is 0 Å². The van der Waals surface area contributed by atoms with Gasteiger partial charge in [-0.2, -0.15) is 0 Å². The number of carbonyl (C=O) groups excluding carboxylic acids is 1. The zero-order valence-corrected chi connectivity index (χ0v) is 12.0. The lowest BCUT2D eigenvalue weighted by atomic mass is 10.0. The Morgan fingerprint density at radius 1 is 1.45 bits per heavy atom. The first-order valence-electron chi connectivity index (χ1n) is 7.12. The minimum Gasteiger partial charge on any atom is -0.489 e. The highest BCUT2D eigenvalue weighted by atomic mass is 16.5.